The second-order valence-electron chi connectivity index (χ2n) is 8.02. The fourth-order valence-electron chi connectivity index (χ4n) is 3.77. The first-order valence-electron chi connectivity index (χ1n) is 10.8. The topological polar surface area (TPSA) is 77.5 Å². The first-order valence-corrected chi connectivity index (χ1v) is 11.6. The van der Waals surface area contributed by atoms with Gasteiger partial charge in [-0.05, 0) is 57.6 Å². The molecule has 4 aromatic rings. The molecular weight excluding hydrogens is 475 g/mol. The van der Waals surface area contributed by atoms with Gasteiger partial charge in [0.05, 0.1) is 48.2 Å². The molecule has 0 radical (unpaired) electrons. The Morgan fingerprint density at radius 3 is 2.53 bits per heavy atom. The van der Waals surface area contributed by atoms with Gasteiger partial charge in [0.25, 0.3) is 0 Å². The molecule has 34 heavy (non-hydrogen) atoms. The minimum absolute atomic E-state index is 0.365. The molecule has 178 valence electrons. The molecule has 0 aliphatic carbocycles. The quantitative estimate of drug-likeness (QED) is 0.351. The average Bonchev–Trinajstić information content (AvgIpc) is 3.45. The van der Waals surface area contributed by atoms with Crippen LogP contribution in [0.3, 0.4) is 0 Å². The summed E-state index contributed by atoms with van der Waals surface area (Å²) in [5.41, 5.74) is 6.31. The van der Waals surface area contributed by atoms with Gasteiger partial charge in [-0.2, -0.15) is 15.3 Å². The van der Waals surface area contributed by atoms with Crippen molar-refractivity contribution >= 4 is 40.3 Å². The Bertz CT molecular complexity index is 1340. The Morgan fingerprint density at radius 2 is 1.82 bits per heavy atom. The minimum atomic E-state index is -0.365. The van der Waals surface area contributed by atoms with Crippen LogP contribution in [0.25, 0.3) is 0 Å². The Morgan fingerprint density at radius 1 is 1.03 bits per heavy atom. The van der Waals surface area contributed by atoms with Gasteiger partial charge in [-0.1, -0.05) is 17.7 Å². The number of benzene rings is 1. The lowest BCUT2D eigenvalue weighted by molar-refractivity contribution is 0.622. The largest absolute Gasteiger partial charge is 0.330 e. The van der Waals surface area contributed by atoms with Crippen LogP contribution in [0.5, 0.6) is 0 Å². The van der Waals surface area contributed by atoms with Crippen molar-refractivity contribution in [3.8, 4) is 0 Å². The zero-order valence-electron chi connectivity index (χ0n) is 19.4. The number of rotatable bonds is 7. The van der Waals surface area contributed by atoms with Gasteiger partial charge in [0.1, 0.15) is 5.82 Å². The molecule has 0 atom stereocenters. The van der Waals surface area contributed by atoms with Gasteiger partial charge >= 0.3 is 0 Å². The van der Waals surface area contributed by atoms with Crippen molar-refractivity contribution < 1.29 is 4.39 Å². The predicted octanol–water partition coefficient (Wildman–Crippen LogP) is 4.92. The molecule has 0 aliphatic heterocycles. The Labute approximate surface area is 207 Å². The van der Waals surface area contributed by atoms with Crippen molar-refractivity contribution in [2.45, 2.75) is 47.3 Å². The van der Waals surface area contributed by atoms with Crippen LogP contribution in [0.4, 0.5) is 15.8 Å². The number of nitrogens with one attached hydrogen (secondary N) is 2. The Balaban J connectivity index is 1.41. The van der Waals surface area contributed by atoms with Gasteiger partial charge in [0.2, 0.25) is 0 Å². The van der Waals surface area contributed by atoms with E-state index in [0.29, 0.717) is 23.2 Å². The summed E-state index contributed by atoms with van der Waals surface area (Å²) in [6.07, 6.45) is 5.51. The zero-order chi connectivity index (χ0) is 24.4. The number of aryl methyl sites for hydroxylation is 2. The zero-order valence-corrected chi connectivity index (χ0v) is 21.0. The van der Waals surface area contributed by atoms with Crippen LogP contribution in [-0.2, 0) is 19.6 Å². The molecule has 11 heteroatoms. The molecule has 0 unspecified atom stereocenters. The molecule has 0 saturated heterocycles. The van der Waals surface area contributed by atoms with E-state index in [-0.39, 0.29) is 5.82 Å². The third-order valence-corrected chi connectivity index (χ3v) is 6.24. The number of halogens is 2. The van der Waals surface area contributed by atoms with Gasteiger partial charge in [0.15, 0.2) is 5.11 Å². The maximum Gasteiger partial charge on any atom is 0.175 e. The fraction of sp³-hybridized carbons (Fsp3) is 0.304. The van der Waals surface area contributed by atoms with E-state index in [1.165, 1.54) is 12.1 Å². The maximum atomic E-state index is 13.4. The summed E-state index contributed by atoms with van der Waals surface area (Å²) in [4.78, 5) is 0. The number of nitrogens with zero attached hydrogens (tertiary/aromatic N) is 6. The first-order chi connectivity index (χ1) is 16.2. The second kappa shape index (κ2) is 9.94. The summed E-state index contributed by atoms with van der Waals surface area (Å²) in [7, 11) is 0. The van der Waals surface area contributed by atoms with Crippen LogP contribution in [0.15, 0.2) is 36.8 Å². The highest BCUT2D eigenvalue weighted by Crippen LogP contribution is 2.24. The molecule has 3 aromatic heterocycles. The summed E-state index contributed by atoms with van der Waals surface area (Å²) >= 11 is 11.7. The lowest BCUT2D eigenvalue weighted by Crippen LogP contribution is -2.19. The molecule has 3 heterocycles. The molecule has 0 spiro atoms. The molecule has 0 amide bonds. The highest BCUT2D eigenvalue weighted by molar-refractivity contribution is 7.80. The van der Waals surface area contributed by atoms with Gasteiger partial charge in [-0.3, -0.25) is 14.0 Å². The van der Waals surface area contributed by atoms with Crippen LogP contribution < -0.4 is 10.6 Å². The summed E-state index contributed by atoms with van der Waals surface area (Å²) in [5.74, 6) is -0.365. The predicted molar refractivity (Wildman–Crippen MR) is 136 cm³/mol. The van der Waals surface area contributed by atoms with Crippen LogP contribution >= 0.6 is 23.8 Å². The van der Waals surface area contributed by atoms with Gasteiger partial charge in [-0.15, -0.1) is 0 Å². The molecular formula is C23H26ClFN8S. The van der Waals surface area contributed by atoms with Crippen LogP contribution in [-0.4, -0.2) is 34.5 Å². The van der Waals surface area contributed by atoms with Crippen molar-refractivity contribution in [1.29, 1.82) is 0 Å². The Kier molecular flexibility index (Phi) is 6.99. The minimum Gasteiger partial charge on any atom is -0.330 e. The molecule has 0 saturated carbocycles. The van der Waals surface area contributed by atoms with Crippen LogP contribution in [0.1, 0.15) is 35.1 Å². The lowest BCUT2D eigenvalue weighted by Gasteiger charge is -2.10. The van der Waals surface area contributed by atoms with Gasteiger partial charge < -0.3 is 10.6 Å². The van der Waals surface area contributed by atoms with Crippen molar-refractivity contribution in [2.75, 3.05) is 10.6 Å². The van der Waals surface area contributed by atoms with Crippen molar-refractivity contribution in [3.63, 3.8) is 0 Å². The normalized spacial score (nSPS) is 11.1. The molecule has 0 aliphatic rings. The maximum absolute atomic E-state index is 13.4. The highest BCUT2D eigenvalue weighted by atomic mass is 35.5. The summed E-state index contributed by atoms with van der Waals surface area (Å²) in [6.45, 7) is 9.86. The fourth-order valence-corrected chi connectivity index (χ4v) is 4.21. The third kappa shape index (κ3) is 5.13. The summed E-state index contributed by atoms with van der Waals surface area (Å²) in [5, 5.41) is 20.6. The van der Waals surface area contributed by atoms with E-state index < -0.39 is 0 Å². The van der Waals surface area contributed by atoms with E-state index in [2.05, 4.69) is 39.8 Å². The lowest BCUT2D eigenvalue weighted by atomic mass is 10.2. The monoisotopic (exact) mass is 500 g/mol. The van der Waals surface area contributed by atoms with E-state index in [1.54, 1.807) is 12.3 Å². The molecule has 8 nitrogen and oxygen atoms in total. The SMILES string of the molecule is CCn1ncc(Cn2cc(NC(=S)Nc3c(C)nn(Cc4ccc(F)cc4Cl)c3C)cn2)c1C. The van der Waals surface area contributed by atoms with Gasteiger partial charge in [0, 0.05) is 29.0 Å². The first kappa shape index (κ1) is 23.9. The van der Waals surface area contributed by atoms with Crippen LogP contribution in [0.2, 0.25) is 5.02 Å². The van der Waals surface area contributed by atoms with Crippen molar-refractivity contribution in [1.82, 2.24) is 29.3 Å². The number of hydrogen-bond donors (Lipinski definition) is 2. The van der Waals surface area contributed by atoms with Crippen molar-refractivity contribution in [2.24, 2.45) is 0 Å². The summed E-state index contributed by atoms with van der Waals surface area (Å²) in [6, 6.07) is 4.36. The van der Waals surface area contributed by atoms with E-state index in [4.69, 9.17) is 23.8 Å². The molecule has 4 rings (SSSR count). The third-order valence-electron chi connectivity index (χ3n) is 5.68. The number of hydrogen-bond acceptors (Lipinski definition) is 4. The number of thiocarbonyl (C=S) groups is 1. The molecule has 0 fully saturated rings. The van der Waals surface area contributed by atoms with E-state index >= 15 is 0 Å². The molecule has 1 aromatic carbocycles. The second-order valence-corrected chi connectivity index (χ2v) is 8.83. The van der Waals surface area contributed by atoms with Crippen molar-refractivity contribution in [3.05, 3.63) is 75.8 Å². The summed E-state index contributed by atoms with van der Waals surface area (Å²) < 4.78 is 19.0. The average molecular weight is 501 g/mol. The number of anilines is 2. The smallest absolute Gasteiger partial charge is 0.175 e. The van der Waals surface area contributed by atoms with Crippen LogP contribution in [0, 0.1) is 26.6 Å². The van der Waals surface area contributed by atoms with E-state index in [9.17, 15) is 4.39 Å². The van der Waals surface area contributed by atoms with E-state index in [0.717, 1.165) is 46.1 Å². The van der Waals surface area contributed by atoms with Gasteiger partial charge in [-0.25, -0.2) is 4.39 Å². The highest BCUT2D eigenvalue weighted by Gasteiger charge is 2.15. The van der Waals surface area contributed by atoms with E-state index in [1.807, 2.05) is 40.3 Å². The molecule has 0 bridgehead atoms. The standard InChI is InChI=1S/C23H26ClFN8S/c1-5-32-15(3)18(9-27-32)11-31-13-20(10-26-31)28-23(34)29-22-14(2)30-33(16(22)4)12-17-6-7-19(25)8-21(17)24/h6-10,13H,5,11-12H2,1-4H3,(H2,28,29,34). The molecule has 2 N–H and O–H groups in total. The Hall–Kier alpha value is -3.24. The number of aromatic nitrogens is 6.